The molecule has 3 heteroatoms. The molecule has 0 aromatic carbocycles. The second kappa shape index (κ2) is 6.29. The first-order chi connectivity index (χ1) is 7.19. The van der Waals surface area contributed by atoms with E-state index in [0.717, 1.165) is 30.6 Å². The lowest BCUT2D eigenvalue weighted by Crippen LogP contribution is -2.13. The zero-order valence-corrected chi connectivity index (χ0v) is 10.8. The zero-order chi connectivity index (χ0) is 11.3. The molecule has 0 saturated carbocycles. The molecule has 0 aliphatic rings. The lowest BCUT2D eigenvalue weighted by Gasteiger charge is -2.12. The molecule has 0 fully saturated rings. The van der Waals surface area contributed by atoms with Gasteiger partial charge in [-0.2, -0.15) is 0 Å². The number of hydrogen-bond donors (Lipinski definition) is 0. The van der Waals surface area contributed by atoms with Gasteiger partial charge in [0.15, 0.2) is 5.78 Å². The van der Waals surface area contributed by atoms with Crippen molar-refractivity contribution >= 4 is 28.7 Å². The fourth-order valence-electron chi connectivity index (χ4n) is 1.75. The van der Waals surface area contributed by atoms with Crippen LogP contribution >= 0.6 is 22.9 Å². The number of halogens is 1. The summed E-state index contributed by atoms with van der Waals surface area (Å²) in [4.78, 5) is 12.9. The molecule has 0 spiro atoms. The SMILES string of the molecule is CCCC(CCC)C(=O)c1ccc(Cl)s1. The van der Waals surface area contributed by atoms with Gasteiger partial charge in [0.1, 0.15) is 0 Å². The summed E-state index contributed by atoms with van der Waals surface area (Å²) in [5, 5.41) is 0. The Balaban J connectivity index is 2.71. The van der Waals surface area contributed by atoms with Crippen LogP contribution in [0.15, 0.2) is 12.1 Å². The van der Waals surface area contributed by atoms with Gasteiger partial charge in [-0.1, -0.05) is 38.3 Å². The highest BCUT2D eigenvalue weighted by Gasteiger charge is 2.19. The van der Waals surface area contributed by atoms with Crippen molar-refractivity contribution in [1.82, 2.24) is 0 Å². The van der Waals surface area contributed by atoms with Crippen molar-refractivity contribution in [2.24, 2.45) is 5.92 Å². The van der Waals surface area contributed by atoms with Crippen molar-refractivity contribution in [3.63, 3.8) is 0 Å². The van der Waals surface area contributed by atoms with Gasteiger partial charge in [-0.15, -0.1) is 11.3 Å². The third-order valence-electron chi connectivity index (χ3n) is 2.46. The number of ketones is 1. The molecule has 0 saturated heterocycles. The van der Waals surface area contributed by atoms with Crippen molar-refractivity contribution in [1.29, 1.82) is 0 Å². The average molecular weight is 245 g/mol. The van der Waals surface area contributed by atoms with Gasteiger partial charge < -0.3 is 0 Å². The van der Waals surface area contributed by atoms with Gasteiger partial charge >= 0.3 is 0 Å². The molecule has 0 amide bonds. The Kier molecular flexibility index (Phi) is 5.34. The van der Waals surface area contributed by atoms with Gasteiger partial charge in [-0.05, 0) is 25.0 Å². The van der Waals surface area contributed by atoms with Crippen molar-refractivity contribution in [3.8, 4) is 0 Å². The molecule has 0 aliphatic heterocycles. The minimum absolute atomic E-state index is 0.190. The molecule has 15 heavy (non-hydrogen) atoms. The molecule has 1 nitrogen and oxygen atoms in total. The van der Waals surface area contributed by atoms with Crippen LogP contribution in [0.1, 0.15) is 49.2 Å². The van der Waals surface area contributed by atoms with Crippen LogP contribution in [0.25, 0.3) is 0 Å². The Morgan fingerprint density at radius 3 is 2.33 bits per heavy atom. The highest BCUT2D eigenvalue weighted by molar-refractivity contribution is 7.18. The third-order valence-corrected chi connectivity index (χ3v) is 3.71. The second-order valence-electron chi connectivity index (χ2n) is 3.74. The summed E-state index contributed by atoms with van der Waals surface area (Å²) < 4.78 is 0.699. The first-order valence-corrected chi connectivity index (χ1v) is 6.68. The molecule has 1 heterocycles. The predicted octanol–water partition coefficient (Wildman–Crippen LogP) is 4.80. The molecule has 0 bridgehead atoms. The van der Waals surface area contributed by atoms with E-state index in [2.05, 4.69) is 13.8 Å². The van der Waals surface area contributed by atoms with E-state index in [9.17, 15) is 4.79 Å². The van der Waals surface area contributed by atoms with E-state index >= 15 is 0 Å². The minimum Gasteiger partial charge on any atom is -0.293 e. The summed E-state index contributed by atoms with van der Waals surface area (Å²) >= 11 is 7.22. The predicted molar refractivity (Wildman–Crippen MR) is 67.0 cm³/mol. The summed E-state index contributed by atoms with van der Waals surface area (Å²) in [7, 11) is 0. The van der Waals surface area contributed by atoms with E-state index in [4.69, 9.17) is 11.6 Å². The monoisotopic (exact) mass is 244 g/mol. The van der Waals surface area contributed by atoms with Crippen molar-refractivity contribution in [2.45, 2.75) is 39.5 Å². The van der Waals surface area contributed by atoms with E-state index in [1.807, 2.05) is 6.07 Å². The molecule has 0 atom stereocenters. The fraction of sp³-hybridized carbons (Fsp3) is 0.583. The van der Waals surface area contributed by atoms with Gasteiger partial charge in [0, 0.05) is 5.92 Å². The van der Waals surface area contributed by atoms with Crippen LogP contribution in [-0.4, -0.2) is 5.78 Å². The average Bonchev–Trinajstić information content (AvgIpc) is 2.63. The summed E-state index contributed by atoms with van der Waals surface area (Å²) in [6.07, 6.45) is 4.11. The molecule has 1 aromatic heterocycles. The Labute approximate surface area is 100 Å². The Bertz CT molecular complexity index is 313. The topological polar surface area (TPSA) is 17.1 Å². The maximum absolute atomic E-state index is 12.1. The molecule has 0 unspecified atom stereocenters. The number of hydrogen-bond acceptors (Lipinski definition) is 2. The summed E-state index contributed by atoms with van der Waals surface area (Å²) in [5.41, 5.74) is 0. The van der Waals surface area contributed by atoms with E-state index in [-0.39, 0.29) is 11.7 Å². The van der Waals surface area contributed by atoms with Crippen molar-refractivity contribution in [3.05, 3.63) is 21.3 Å². The van der Waals surface area contributed by atoms with Crippen LogP contribution in [0.2, 0.25) is 4.34 Å². The van der Waals surface area contributed by atoms with E-state index < -0.39 is 0 Å². The zero-order valence-electron chi connectivity index (χ0n) is 9.25. The largest absolute Gasteiger partial charge is 0.293 e. The smallest absolute Gasteiger partial charge is 0.175 e. The fourth-order valence-corrected chi connectivity index (χ4v) is 2.81. The van der Waals surface area contributed by atoms with Crippen molar-refractivity contribution in [2.75, 3.05) is 0 Å². The van der Waals surface area contributed by atoms with E-state index in [0.29, 0.717) is 4.34 Å². The second-order valence-corrected chi connectivity index (χ2v) is 5.46. The minimum atomic E-state index is 0.190. The van der Waals surface area contributed by atoms with Crippen LogP contribution < -0.4 is 0 Å². The third kappa shape index (κ3) is 3.62. The maximum Gasteiger partial charge on any atom is 0.175 e. The molecule has 1 aromatic rings. The molecular weight excluding hydrogens is 228 g/mol. The quantitative estimate of drug-likeness (QED) is 0.657. The summed E-state index contributed by atoms with van der Waals surface area (Å²) in [6.45, 7) is 4.24. The number of Topliss-reactive ketones (excluding diaryl/α,β-unsaturated/α-hetero) is 1. The van der Waals surface area contributed by atoms with E-state index in [1.165, 1.54) is 11.3 Å². The van der Waals surface area contributed by atoms with Crippen LogP contribution in [-0.2, 0) is 0 Å². The lowest BCUT2D eigenvalue weighted by molar-refractivity contribution is 0.0909. The van der Waals surface area contributed by atoms with Crippen LogP contribution in [0, 0.1) is 5.92 Å². The molecular formula is C12H17ClOS. The standard InChI is InChI=1S/C12H17ClOS/c1-3-5-9(6-4-2)12(14)10-7-8-11(13)15-10/h7-9H,3-6H2,1-2H3. The Hall–Kier alpha value is -0.340. The van der Waals surface area contributed by atoms with Crippen LogP contribution in [0.3, 0.4) is 0 Å². The van der Waals surface area contributed by atoms with E-state index in [1.54, 1.807) is 6.07 Å². The number of carbonyl (C=O) groups excluding carboxylic acids is 1. The Morgan fingerprint density at radius 2 is 1.93 bits per heavy atom. The van der Waals surface area contributed by atoms with Crippen LogP contribution in [0.4, 0.5) is 0 Å². The Morgan fingerprint density at radius 1 is 1.33 bits per heavy atom. The van der Waals surface area contributed by atoms with Gasteiger partial charge in [-0.25, -0.2) is 0 Å². The first-order valence-electron chi connectivity index (χ1n) is 5.48. The molecule has 1 rings (SSSR count). The molecule has 0 N–H and O–H groups in total. The summed E-state index contributed by atoms with van der Waals surface area (Å²) in [6, 6.07) is 3.64. The van der Waals surface area contributed by atoms with Crippen LogP contribution in [0.5, 0.6) is 0 Å². The molecule has 84 valence electrons. The summed E-state index contributed by atoms with van der Waals surface area (Å²) in [5.74, 6) is 0.463. The number of rotatable bonds is 6. The highest BCUT2D eigenvalue weighted by atomic mass is 35.5. The van der Waals surface area contributed by atoms with Gasteiger partial charge in [0.2, 0.25) is 0 Å². The normalized spacial score (nSPS) is 10.9. The maximum atomic E-state index is 12.1. The molecule has 0 aliphatic carbocycles. The van der Waals surface area contributed by atoms with Gasteiger partial charge in [-0.3, -0.25) is 4.79 Å². The number of thiophene rings is 1. The first kappa shape index (κ1) is 12.7. The lowest BCUT2D eigenvalue weighted by atomic mass is 9.93. The highest BCUT2D eigenvalue weighted by Crippen LogP contribution is 2.27. The van der Waals surface area contributed by atoms with Crippen molar-refractivity contribution < 1.29 is 4.79 Å². The van der Waals surface area contributed by atoms with Gasteiger partial charge in [0.05, 0.1) is 9.21 Å². The van der Waals surface area contributed by atoms with Gasteiger partial charge in [0.25, 0.3) is 0 Å². The number of carbonyl (C=O) groups is 1. The molecule has 0 radical (unpaired) electrons.